The van der Waals surface area contributed by atoms with E-state index in [1.807, 2.05) is 41.0 Å². The second-order valence-electron chi connectivity index (χ2n) is 7.66. The Morgan fingerprint density at radius 3 is 2.97 bits per heavy atom. The fourth-order valence-electron chi connectivity index (χ4n) is 4.36. The summed E-state index contributed by atoms with van der Waals surface area (Å²) in [6.07, 6.45) is 2.99. The van der Waals surface area contributed by atoms with Crippen molar-refractivity contribution in [3.05, 3.63) is 69.1 Å². The first-order valence-corrected chi connectivity index (χ1v) is 10.8. The zero-order valence-electron chi connectivity index (χ0n) is 16.4. The van der Waals surface area contributed by atoms with Crippen LogP contribution in [0, 0.1) is 6.92 Å². The predicted octanol–water partition coefficient (Wildman–Crippen LogP) is 3.77. The van der Waals surface area contributed by atoms with E-state index in [2.05, 4.69) is 22.5 Å². The van der Waals surface area contributed by atoms with Gasteiger partial charge in [0.15, 0.2) is 0 Å². The highest BCUT2D eigenvalue weighted by molar-refractivity contribution is 7.17. The van der Waals surface area contributed by atoms with Crippen molar-refractivity contribution >= 4 is 33.0 Å². The van der Waals surface area contributed by atoms with Crippen LogP contribution in [0.5, 0.6) is 0 Å². The molecule has 29 heavy (non-hydrogen) atoms. The Bertz CT molecular complexity index is 1300. The molecule has 6 nitrogen and oxygen atoms in total. The zero-order chi connectivity index (χ0) is 20.1. The van der Waals surface area contributed by atoms with E-state index in [0.29, 0.717) is 11.3 Å². The van der Waals surface area contributed by atoms with Crippen molar-refractivity contribution < 1.29 is 4.79 Å². The molecule has 0 bridgehead atoms. The van der Waals surface area contributed by atoms with Crippen LogP contribution in [0.3, 0.4) is 0 Å². The Balaban J connectivity index is 1.48. The number of aryl methyl sites for hydroxylation is 2. The van der Waals surface area contributed by atoms with Crippen LogP contribution in [0.25, 0.3) is 15.7 Å². The SMILES string of the molecule is Cc1nn([C@@H](C)C(=O)N[C@H]2CCCc3ccccc32)c(=O)c2cc3sccc3n12. The Labute approximate surface area is 171 Å². The number of thiophene rings is 1. The fourth-order valence-corrected chi connectivity index (χ4v) is 5.17. The van der Waals surface area contributed by atoms with Gasteiger partial charge in [0.25, 0.3) is 5.56 Å². The average molecular weight is 407 g/mol. The number of hydrogen-bond acceptors (Lipinski definition) is 4. The summed E-state index contributed by atoms with van der Waals surface area (Å²) in [5.74, 6) is 0.508. The summed E-state index contributed by atoms with van der Waals surface area (Å²) in [5, 5.41) is 9.62. The third kappa shape index (κ3) is 2.88. The molecule has 0 fully saturated rings. The first-order chi connectivity index (χ1) is 14.0. The molecule has 148 valence electrons. The molecule has 1 N–H and O–H groups in total. The van der Waals surface area contributed by atoms with Gasteiger partial charge in [-0.1, -0.05) is 24.3 Å². The van der Waals surface area contributed by atoms with E-state index in [-0.39, 0.29) is 17.5 Å². The molecule has 1 aliphatic carbocycles. The van der Waals surface area contributed by atoms with Crippen molar-refractivity contribution in [1.29, 1.82) is 0 Å². The van der Waals surface area contributed by atoms with E-state index in [0.717, 1.165) is 29.5 Å². The Kier molecular flexibility index (Phi) is 4.28. The number of amides is 1. The van der Waals surface area contributed by atoms with Crippen LogP contribution in [-0.4, -0.2) is 20.1 Å². The monoisotopic (exact) mass is 406 g/mol. The number of nitrogens with one attached hydrogen (secondary N) is 1. The van der Waals surface area contributed by atoms with E-state index >= 15 is 0 Å². The third-order valence-corrected chi connectivity index (χ3v) is 6.71. The largest absolute Gasteiger partial charge is 0.347 e. The zero-order valence-corrected chi connectivity index (χ0v) is 17.2. The maximum absolute atomic E-state index is 13.1. The molecule has 1 aliphatic rings. The van der Waals surface area contributed by atoms with Crippen molar-refractivity contribution in [2.45, 2.75) is 45.2 Å². The van der Waals surface area contributed by atoms with Gasteiger partial charge < -0.3 is 5.32 Å². The second-order valence-corrected chi connectivity index (χ2v) is 8.61. The van der Waals surface area contributed by atoms with Gasteiger partial charge in [0.05, 0.1) is 16.3 Å². The van der Waals surface area contributed by atoms with Crippen molar-refractivity contribution in [2.24, 2.45) is 0 Å². The molecule has 5 rings (SSSR count). The second kappa shape index (κ2) is 6.84. The molecule has 3 heterocycles. The number of benzene rings is 1. The van der Waals surface area contributed by atoms with Crippen molar-refractivity contribution in [1.82, 2.24) is 19.5 Å². The first-order valence-electron chi connectivity index (χ1n) is 9.91. The summed E-state index contributed by atoms with van der Waals surface area (Å²) >= 11 is 1.59. The van der Waals surface area contributed by atoms with Crippen LogP contribution in [0.4, 0.5) is 0 Å². The number of rotatable bonds is 3. The lowest BCUT2D eigenvalue weighted by Gasteiger charge is -2.27. The molecular formula is C22H22N4O2S. The first kappa shape index (κ1) is 18.1. The lowest BCUT2D eigenvalue weighted by molar-refractivity contribution is -0.125. The number of fused-ring (bicyclic) bond motifs is 4. The Morgan fingerprint density at radius 1 is 1.28 bits per heavy atom. The minimum absolute atomic E-state index is 0.0194. The summed E-state index contributed by atoms with van der Waals surface area (Å²) in [7, 11) is 0. The normalized spacial score (nSPS) is 17.4. The summed E-state index contributed by atoms with van der Waals surface area (Å²) in [6, 6.07) is 11.4. The van der Waals surface area contributed by atoms with Crippen LogP contribution >= 0.6 is 11.3 Å². The minimum Gasteiger partial charge on any atom is -0.347 e. The highest BCUT2D eigenvalue weighted by Crippen LogP contribution is 2.30. The van der Waals surface area contributed by atoms with E-state index in [4.69, 9.17) is 0 Å². The maximum Gasteiger partial charge on any atom is 0.291 e. The Morgan fingerprint density at radius 2 is 2.10 bits per heavy atom. The number of hydrogen-bond donors (Lipinski definition) is 1. The molecule has 1 aromatic carbocycles. The van der Waals surface area contributed by atoms with Gasteiger partial charge in [-0.2, -0.15) is 5.10 Å². The fraction of sp³-hybridized carbons (Fsp3) is 0.318. The predicted molar refractivity (Wildman–Crippen MR) is 115 cm³/mol. The Hall–Kier alpha value is -2.93. The number of nitrogens with zero attached hydrogens (tertiary/aromatic N) is 3. The van der Waals surface area contributed by atoms with Crippen LogP contribution in [0.15, 0.2) is 46.6 Å². The van der Waals surface area contributed by atoms with Gasteiger partial charge in [-0.25, -0.2) is 4.68 Å². The molecule has 0 spiro atoms. The van der Waals surface area contributed by atoms with Gasteiger partial charge in [-0.05, 0) is 61.7 Å². The molecule has 3 aromatic heterocycles. The van der Waals surface area contributed by atoms with Crippen molar-refractivity contribution in [3.63, 3.8) is 0 Å². The van der Waals surface area contributed by atoms with E-state index in [9.17, 15) is 9.59 Å². The average Bonchev–Trinajstić information content (AvgIpc) is 3.32. The molecule has 2 atom stereocenters. The molecule has 0 radical (unpaired) electrons. The smallest absolute Gasteiger partial charge is 0.291 e. The van der Waals surface area contributed by atoms with Crippen LogP contribution in [0.2, 0.25) is 0 Å². The van der Waals surface area contributed by atoms with Crippen molar-refractivity contribution in [2.75, 3.05) is 0 Å². The van der Waals surface area contributed by atoms with E-state index in [1.54, 1.807) is 18.3 Å². The van der Waals surface area contributed by atoms with Gasteiger partial charge >= 0.3 is 0 Å². The summed E-state index contributed by atoms with van der Waals surface area (Å²) in [6.45, 7) is 3.60. The molecule has 4 aromatic rings. The lowest BCUT2D eigenvalue weighted by atomic mass is 9.87. The molecule has 0 saturated heterocycles. The van der Waals surface area contributed by atoms with Crippen molar-refractivity contribution in [3.8, 4) is 0 Å². The molecule has 0 aliphatic heterocycles. The highest BCUT2D eigenvalue weighted by Gasteiger charge is 2.26. The maximum atomic E-state index is 13.1. The standard InChI is InChI=1S/C22H22N4O2S/c1-13(21(27)23-17-9-5-7-15-6-3-4-8-16(15)17)26-22(28)19-12-20-18(10-11-29-20)25(19)14(2)24-26/h3-4,6,8,10-13,17H,5,7,9H2,1-2H3,(H,23,27)/t13-,17-/m0/s1. The van der Waals surface area contributed by atoms with Crippen LogP contribution in [-0.2, 0) is 11.2 Å². The van der Waals surface area contributed by atoms with Gasteiger partial charge in [-0.15, -0.1) is 11.3 Å². The number of carbonyl (C=O) groups excluding carboxylic acids is 1. The molecular weight excluding hydrogens is 384 g/mol. The topological polar surface area (TPSA) is 68.4 Å². The molecule has 0 unspecified atom stereocenters. The number of aromatic nitrogens is 3. The molecule has 7 heteroatoms. The summed E-state index contributed by atoms with van der Waals surface area (Å²) < 4.78 is 4.23. The van der Waals surface area contributed by atoms with Gasteiger partial charge in [-0.3, -0.25) is 14.0 Å². The number of carbonyl (C=O) groups is 1. The lowest BCUT2D eigenvalue weighted by Crippen LogP contribution is -2.40. The van der Waals surface area contributed by atoms with Crippen LogP contribution < -0.4 is 10.9 Å². The summed E-state index contributed by atoms with van der Waals surface area (Å²) in [5.41, 5.74) is 3.76. The quantitative estimate of drug-likeness (QED) is 0.563. The van der Waals surface area contributed by atoms with Gasteiger partial charge in [0.1, 0.15) is 17.4 Å². The third-order valence-electron chi connectivity index (χ3n) is 5.86. The highest BCUT2D eigenvalue weighted by atomic mass is 32.1. The summed E-state index contributed by atoms with van der Waals surface area (Å²) in [4.78, 5) is 26.1. The molecule has 1 amide bonds. The van der Waals surface area contributed by atoms with E-state index in [1.165, 1.54) is 15.8 Å². The van der Waals surface area contributed by atoms with Crippen LogP contribution in [0.1, 0.15) is 48.8 Å². The van der Waals surface area contributed by atoms with Gasteiger partial charge in [0.2, 0.25) is 5.91 Å². The van der Waals surface area contributed by atoms with Gasteiger partial charge in [0, 0.05) is 0 Å². The molecule has 0 saturated carbocycles. The van der Waals surface area contributed by atoms with E-state index < -0.39 is 6.04 Å². The minimum atomic E-state index is -0.687.